The molecule has 2 fully saturated rings. The van der Waals surface area contributed by atoms with E-state index in [9.17, 15) is 0 Å². The Labute approximate surface area is 133 Å². The van der Waals surface area contributed by atoms with Crippen LogP contribution >= 0.6 is 11.5 Å². The molecule has 1 aromatic carbocycles. The highest BCUT2D eigenvalue weighted by Gasteiger charge is 2.39. The van der Waals surface area contributed by atoms with E-state index in [1.54, 1.807) is 11.5 Å². The lowest BCUT2D eigenvalue weighted by Crippen LogP contribution is -2.22. The second-order valence-electron chi connectivity index (χ2n) is 6.53. The average Bonchev–Trinajstić information content (AvgIpc) is 3.30. The number of benzene rings is 1. The van der Waals surface area contributed by atoms with Gasteiger partial charge in [0.05, 0.1) is 6.04 Å². The SMILES string of the molecule is Cn1cc(-c2nsc(C3CC4CCN3C4)n2)c2ccccc21. The third-order valence-electron chi connectivity index (χ3n) is 5.18. The molecule has 5 rings (SSSR count). The van der Waals surface area contributed by atoms with Gasteiger partial charge in [0.15, 0.2) is 5.82 Å². The quantitative estimate of drug-likeness (QED) is 0.727. The Balaban J connectivity index is 1.56. The number of fused-ring (bicyclic) bond motifs is 3. The van der Waals surface area contributed by atoms with E-state index in [1.165, 1.54) is 41.8 Å². The Kier molecular flexibility index (Phi) is 2.69. The van der Waals surface area contributed by atoms with E-state index >= 15 is 0 Å². The zero-order valence-electron chi connectivity index (χ0n) is 12.6. The van der Waals surface area contributed by atoms with Crippen LogP contribution in [0.25, 0.3) is 22.3 Å². The summed E-state index contributed by atoms with van der Waals surface area (Å²) in [5, 5.41) is 2.44. The molecular formula is C17H18N4S. The predicted molar refractivity (Wildman–Crippen MR) is 88.9 cm³/mol. The first-order chi connectivity index (χ1) is 10.8. The van der Waals surface area contributed by atoms with Gasteiger partial charge in [-0.2, -0.15) is 4.37 Å². The van der Waals surface area contributed by atoms with Crippen molar-refractivity contribution in [1.82, 2.24) is 18.8 Å². The summed E-state index contributed by atoms with van der Waals surface area (Å²) in [7, 11) is 2.08. The second kappa shape index (κ2) is 4.64. The van der Waals surface area contributed by atoms with Gasteiger partial charge in [-0.25, -0.2) is 4.98 Å². The third-order valence-corrected chi connectivity index (χ3v) is 5.99. The Hall–Kier alpha value is -1.72. The first-order valence-corrected chi connectivity index (χ1v) is 8.69. The number of aromatic nitrogens is 3. The molecule has 0 saturated carbocycles. The minimum absolute atomic E-state index is 0.514. The minimum Gasteiger partial charge on any atom is -0.350 e. The van der Waals surface area contributed by atoms with Gasteiger partial charge in [-0.15, -0.1) is 0 Å². The fourth-order valence-corrected chi connectivity index (χ4v) is 4.87. The Morgan fingerprint density at radius 2 is 2.18 bits per heavy atom. The molecular weight excluding hydrogens is 292 g/mol. The van der Waals surface area contributed by atoms with E-state index in [1.807, 2.05) is 0 Å². The highest BCUT2D eigenvalue weighted by molar-refractivity contribution is 7.05. The number of hydrogen-bond acceptors (Lipinski definition) is 4. The maximum atomic E-state index is 4.90. The Bertz CT molecular complexity index is 849. The molecule has 4 nitrogen and oxygen atoms in total. The summed E-state index contributed by atoms with van der Waals surface area (Å²) in [6, 6.07) is 8.98. The van der Waals surface area contributed by atoms with E-state index in [4.69, 9.17) is 4.98 Å². The van der Waals surface area contributed by atoms with Gasteiger partial charge in [0, 0.05) is 36.3 Å². The van der Waals surface area contributed by atoms with Crippen molar-refractivity contribution in [2.45, 2.75) is 18.9 Å². The summed E-state index contributed by atoms with van der Waals surface area (Å²) in [6.07, 6.45) is 4.78. The van der Waals surface area contributed by atoms with Crippen LogP contribution in [0.1, 0.15) is 23.9 Å². The molecule has 0 N–H and O–H groups in total. The molecule has 0 amide bonds. The summed E-state index contributed by atoms with van der Waals surface area (Å²) in [4.78, 5) is 7.48. The van der Waals surface area contributed by atoms with Crippen molar-refractivity contribution in [3.63, 3.8) is 0 Å². The van der Waals surface area contributed by atoms with Gasteiger partial charge < -0.3 is 4.57 Å². The predicted octanol–water partition coefficient (Wildman–Crippen LogP) is 3.46. The molecule has 4 heterocycles. The van der Waals surface area contributed by atoms with Crippen molar-refractivity contribution in [1.29, 1.82) is 0 Å². The van der Waals surface area contributed by atoms with Crippen LogP contribution in [0.2, 0.25) is 0 Å². The molecule has 0 radical (unpaired) electrons. The van der Waals surface area contributed by atoms with Gasteiger partial charge in [-0.05, 0) is 42.9 Å². The average molecular weight is 310 g/mol. The van der Waals surface area contributed by atoms with Crippen molar-refractivity contribution in [3.8, 4) is 11.4 Å². The number of aryl methyl sites for hydroxylation is 1. The number of hydrogen-bond donors (Lipinski definition) is 0. The van der Waals surface area contributed by atoms with Gasteiger partial charge >= 0.3 is 0 Å². The van der Waals surface area contributed by atoms with Crippen molar-refractivity contribution >= 4 is 22.4 Å². The van der Waals surface area contributed by atoms with Gasteiger partial charge in [-0.1, -0.05) is 18.2 Å². The molecule has 3 aromatic rings. The first-order valence-electron chi connectivity index (χ1n) is 7.91. The smallest absolute Gasteiger partial charge is 0.175 e. The standard InChI is InChI=1S/C17H18N4S/c1-20-10-13(12-4-2-3-5-14(12)20)16-18-17(22-19-16)15-8-11-6-7-21(15)9-11/h2-5,10-11,15H,6-9H2,1H3. The Morgan fingerprint density at radius 1 is 1.27 bits per heavy atom. The van der Waals surface area contributed by atoms with Crippen LogP contribution < -0.4 is 0 Å². The maximum absolute atomic E-state index is 4.90. The minimum atomic E-state index is 0.514. The van der Waals surface area contributed by atoms with E-state index < -0.39 is 0 Å². The van der Waals surface area contributed by atoms with Crippen LogP contribution in [-0.4, -0.2) is 31.9 Å². The fourth-order valence-electron chi connectivity index (χ4n) is 4.06. The van der Waals surface area contributed by atoms with E-state index in [-0.39, 0.29) is 0 Å². The molecule has 0 aliphatic carbocycles. The molecule has 112 valence electrons. The second-order valence-corrected chi connectivity index (χ2v) is 7.31. The third kappa shape index (κ3) is 1.79. The summed E-state index contributed by atoms with van der Waals surface area (Å²) in [6.45, 7) is 2.49. The highest BCUT2D eigenvalue weighted by atomic mass is 32.1. The van der Waals surface area contributed by atoms with Crippen molar-refractivity contribution in [3.05, 3.63) is 35.5 Å². The topological polar surface area (TPSA) is 34.0 Å². The lowest BCUT2D eigenvalue weighted by molar-refractivity contribution is 0.265. The van der Waals surface area contributed by atoms with E-state index in [0.29, 0.717) is 6.04 Å². The van der Waals surface area contributed by atoms with Gasteiger partial charge in [0.1, 0.15) is 5.01 Å². The largest absolute Gasteiger partial charge is 0.350 e. The van der Waals surface area contributed by atoms with Crippen LogP contribution in [0.5, 0.6) is 0 Å². The molecule has 2 aliphatic heterocycles. The van der Waals surface area contributed by atoms with Crippen molar-refractivity contribution < 1.29 is 0 Å². The van der Waals surface area contributed by atoms with Gasteiger partial charge in [0.2, 0.25) is 0 Å². The zero-order chi connectivity index (χ0) is 14.7. The molecule has 0 spiro atoms. The first kappa shape index (κ1) is 12.8. The molecule has 2 bridgehead atoms. The lowest BCUT2D eigenvalue weighted by Gasteiger charge is -2.21. The van der Waals surface area contributed by atoms with Crippen molar-refractivity contribution in [2.75, 3.05) is 13.1 Å². The van der Waals surface area contributed by atoms with Crippen LogP contribution in [0.4, 0.5) is 0 Å². The number of piperidine rings is 1. The zero-order valence-corrected chi connectivity index (χ0v) is 13.4. The molecule has 5 heteroatoms. The normalized spacial score (nSPS) is 27.0. The van der Waals surface area contributed by atoms with Crippen LogP contribution in [0.15, 0.2) is 30.5 Å². The summed E-state index contributed by atoms with van der Waals surface area (Å²) >= 11 is 1.59. The fraction of sp³-hybridized carbons (Fsp3) is 0.412. The molecule has 22 heavy (non-hydrogen) atoms. The van der Waals surface area contributed by atoms with Crippen LogP contribution in [0, 0.1) is 5.92 Å². The van der Waals surface area contributed by atoms with Gasteiger partial charge in [0.25, 0.3) is 0 Å². The lowest BCUT2D eigenvalue weighted by atomic mass is 10.0. The maximum Gasteiger partial charge on any atom is 0.175 e. The monoisotopic (exact) mass is 310 g/mol. The van der Waals surface area contributed by atoms with E-state index in [2.05, 4.69) is 51.4 Å². The van der Waals surface area contributed by atoms with Crippen LogP contribution in [0.3, 0.4) is 0 Å². The molecule has 3 unspecified atom stereocenters. The van der Waals surface area contributed by atoms with Crippen LogP contribution in [-0.2, 0) is 7.05 Å². The Morgan fingerprint density at radius 3 is 3.00 bits per heavy atom. The molecule has 2 aliphatic rings. The summed E-state index contributed by atoms with van der Waals surface area (Å²) in [5.74, 6) is 1.77. The summed E-state index contributed by atoms with van der Waals surface area (Å²) < 4.78 is 6.83. The molecule has 2 aromatic heterocycles. The highest BCUT2D eigenvalue weighted by Crippen LogP contribution is 2.43. The molecule has 2 saturated heterocycles. The summed E-state index contributed by atoms with van der Waals surface area (Å²) in [5.41, 5.74) is 2.39. The number of nitrogens with zero attached hydrogens (tertiary/aromatic N) is 4. The molecule has 3 atom stereocenters. The number of para-hydroxylation sites is 1. The van der Waals surface area contributed by atoms with Crippen molar-refractivity contribution in [2.24, 2.45) is 13.0 Å². The number of rotatable bonds is 2. The van der Waals surface area contributed by atoms with E-state index in [0.717, 1.165) is 17.3 Å². The van der Waals surface area contributed by atoms with Gasteiger partial charge in [-0.3, -0.25) is 4.90 Å².